The summed E-state index contributed by atoms with van der Waals surface area (Å²) in [4.78, 5) is 2.23. The summed E-state index contributed by atoms with van der Waals surface area (Å²) in [7, 11) is 2.06. The maximum absolute atomic E-state index is 12.8. The molecule has 2 aromatic heterocycles. The lowest BCUT2D eigenvalue weighted by molar-refractivity contribution is -0.137. The molecular weight excluding hydrogens is 373 g/mol. The molecule has 1 fully saturated rings. The van der Waals surface area contributed by atoms with Crippen LogP contribution in [0.2, 0.25) is 0 Å². The maximum Gasteiger partial charge on any atom is 0.416 e. The van der Waals surface area contributed by atoms with Crippen LogP contribution >= 0.6 is 0 Å². The van der Waals surface area contributed by atoms with Gasteiger partial charge in [0.25, 0.3) is 0 Å². The molecule has 4 rings (SSSR count). The van der Waals surface area contributed by atoms with Gasteiger partial charge in [0.05, 0.1) is 17.2 Å². The van der Waals surface area contributed by atoms with Crippen molar-refractivity contribution in [3.05, 3.63) is 36.1 Å². The number of fused-ring (bicyclic) bond motifs is 1. The largest absolute Gasteiger partial charge is 0.507 e. The normalized spacial score (nSPS) is 18.5. The van der Waals surface area contributed by atoms with Crippen molar-refractivity contribution in [1.82, 2.24) is 15.1 Å². The first kappa shape index (κ1) is 18.5. The molecule has 0 saturated carbocycles. The van der Waals surface area contributed by atoms with E-state index in [0.29, 0.717) is 22.9 Å². The third-order valence-corrected chi connectivity index (χ3v) is 4.93. The van der Waals surface area contributed by atoms with Crippen molar-refractivity contribution in [3.8, 4) is 17.0 Å². The summed E-state index contributed by atoms with van der Waals surface area (Å²) in [5.74, 6) is 0.0237. The van der Waals surface area contributed by atoms with E-state index in [0.717, 1.165) is 32.0 Å². The number of halogens is 3. The van der Waals surface area contributed by atoms with Crippen LogP contribution in [0.3, 0.4) is 0 Å². The molecule has 3 aromatic rings. The standard InChI is InChI=1S/C19H19F3N4O2/c1-26-7-2-3-12(10-26)23-18-14-6-8-28-17(14)16(24-25-18)13-5-4-11(9-15(13)27)19(20,21)22/h4-6,8-9,12,27H,2-3,7,10H2,1H3,(H,23,25). The van der Waals surface area contributed by atoms with Gasteiger partial charge >= 0.3 is 6.18 Å². The second-order valence-electron chi connectivity index (χ2n) is 7.04. The molecule has 1 saturated heterocycles. The number of benzene rings is 1. The number of likely N-dealkylation sites (tertiary alicyclic amines) is 1. The zero-order chi connectivity index (χ0) is 19.9. The minimum absolute atomic E-state index is 0.129. The number of hydrogen-bond acceptors (Lipinski definition) is 6. The van der Waals surface area contributed by atoms with E-state index < -0.39 is 17.5 Å². The van der Waals surface area contributed by atoms with Gasteiger partial charge in [-0.3, -0.25) is 0 Å². The fourth-order valence-electron chi connectivity index (χ4n) is 3.55. The highest BCUT2D eigenvalue weighted by Gasteiger charge is 2.31. The Kier molecular flexibility index (Phi) is 4.62. The molecule has 1 atom stereocenters. The predicted molar refractivity (Wildman–Crippen MR) is 98.0 cm³/mol. The molecular formula is C19H19F3N4O2. The molecule has 0 bridgehead atoms. The van der Waals surface area contributed by atoms with Gasteiger partial charge in [-0.05, 0) is 50.7 Å². The molecule has 2 N–H and O–H groups in total. The van der Waals surface area contributed by atoms with Crippen molar-refractivity contribution in [1.29, 1.82) is 0 Å². The van der Waals surface area contributed by atoms with E-state index in [-0.39, 0.29) is 17.3 Å². The fourth-order valence-corrected chi connectivity index (χ4v) is 3.55. The number of furan rings is 1. The number of aromatic hydroxyl groups is 1. The summed E-state index contributed by atoms with van der Waals surface area (Å²) in [5, 5.41) is 22.5. The van der Waals surface area contributed by atoms with Crippen LogP contribution in [-0.2, 0) is 6.18 Å². The van der Waals surface area contributed by atoms with Crippen molar-refractivity contribution < 1.29 is 22.7 Å². The number of likely N-dealkylation sites (N-methyl/N-ethyl adjacent to an activating group) is 1. The molecule has 148 valence electrons. The number of phenolic OH excluding ortho intramolecular Hbond substituents is 1. The molecule has 1 aromatic carbocycles. The molecule has 9 heteroatoms. The molecule has 3 heterocycles. The molecule has 0 amide bonds. The van der Waals surface area contributed by atoms with Gasteiger partial charge < -0.3 is 19.7 Å². The van der Waals surface area contributed by atoms with E-state index in [9.17, 15) is 18.3 Å². The number of aromatic nitrogens is 2. The van der Waals surface area contributed by atoms with Crippen molar-refractivity contribution in [2.75, 3.05) is 25.5 Å². The monoisotopic (exact) mass is 392 g/mol. The van der Waals surface area contributed by atoms with Gasteiger partial charge in [-0.15, -0.1) is 10.2 Å². The SMILES string of the molecule is CN1CCCC(Nc2nnc(-c3ccc(C(F)(F)F)cc3O)c3occc23)C1. The number of rotatable bonds is 3. The van der Waals surface area contributed by atoms with Gasteiger partial charge in [0, 0.05) is 18.2 Å². The van der Waals surface area contributed by atoms with E-state index in [1.807, 2.05) is 0 Å². The van der Waals surface area contributed by atoms with Gasteiger partial charge in [-0.25, -0.2) is 0 Å². The molecule has 1 unspecified atom stereocenters. The first-order valence-corrected chi connectivity index (χ1v) is 8.92. The van der Waals surface area contributed by atoms with Gasteiger partial charge in [-0.2, -0.15) is 13.2 Å². The number of hydrogen-bond donors (Lipinski definition) is 2. The van der Waals surface area contributed by atoms with Crippen LogP contribution in [0.4, 0.5) is 19.0 Å². The highest BCUT2D eigenvalue weighted by molar-refractivity contribution is 5.97. The number of nitrogens with one attached hydrogen (secondary N) is 1. The molecule has 1 aliphatic heterocycles. The third kappa shape index (κ3) is 3.49. The van der Waals surface area contributed by atoms with Crippen molar-refractivity contribution in [2.24, 2.45) is 0 Å². The Morgan fingerprint density at radius 2 is 2.07 bits per heavy atom. The summed E-state index contributed by atoms with van der Waals surface area (Å²) >= 11 is 0. The average Bonchev–Trinajstić information content (AvgIpc) is 3.12. The highest BCUT2D eigenvalue weighted by Crippen LogP contribution is 2.39. The van der Waals surface area contributed by atoms with Gasteiger partial charge in [0.15, 0.2) is 11.4 Å². The van der Waals surface area contributed by atoms with Crippen LogP contribution in [0.1, 0.15) is 18.4 Å². The Hall–Kier alpha value is -2.81. The van der Waals surface area contributed by atoms with Crippen LogP contribution in [0.5, 0.6) is 5.75 Å². The summed E-state index contributed by atoms with van der Waals surface area (Å²) < 4.78 is 44.0. The maximum atomic E-state index is 12.8. The number of nitrogens with zero attached hydrogens (tertiary/aromatic N) is 3. The van der Waals surface area contributed by atoms with Crippen molar-refractivity contribution >= 4 is 16.8 Å². The first-order chi connectivity index (χ1) is 13.3. The number of piperidine rings is 1. The molecule has 0 radical (unpaired) electrons. The zero-order valence-electron chi connectivity index (χ0n) is 15.1. The highest BCUT2D eigenvalue weighted by atomic mass is 19.4. The predicted octanol–water partition coefficient (Wildman–Crippen LogP) is 4.12. The molecule has 6 nitrogen and oxygen atoms in total. The summed E-state index contributed by atoms with van der Waals surface area (Å²) in [6.07, 6.45) is -0.986. The van der Waals surface area contributed by atoms with Crippen LogP contribution in [0.25, 0.3) is 22.2 Å². The summed E-state index contributed by atoms with van der Waals surface area (Å²) in [6.45, 7) is 1.93. The molecule has 1 aliphatic rings. The lowest BCUT2D eigenvalue weighted by Crippen LogP contribution is -2.39. The average molecular weight is 392 g/mol. The number of anilines is 1. The molecule has 28 heavy (non-hydrogen) atoms. The first-order valence-electron chi connectivity index (χ1n) is 8.92. The zero-order valence-corrected chi connectivity index (χ0v) is 15.1. The lowest BCUT2D eigenvalue weighted by atomic mass is 10.0. The second-order valence-corrected chi connectivity index (χ2v) is 7.04. The summed E-state index contributed by atoms with van der Waals surface area (Å²) in [6, 6.07) is 4.69. The topological polar surface area (TPSA) is 74.4 Å². The van der Waals surface area contributed by atoms with Gasteiger partial charge in [0.2, 0.25) is 0 Å². The van der Waals surface area contributed by atoms with Crippen molar-refractivity contribution in [3.63, 3.8) is 0 Å². The van der Waals surface area contributed by atoms with E-state index in [4.69, 9.17) is 4.42 Å². The Morgan fingerprint density at radius 3 is 2.79 bits per heavy atom. The van der Waals surface area contributed by atoms with Crippen LogP contribution in [0, 0.1) is 0 Å². The lowest BCUT2D eigenvalue weighted by Gasteiger charge is -2.30. The fraction of sp³-hybridized carbons (Fsp3) is 0.368. The van der Waals surface area contributed by atoms with E-state index in [1.54, 1.807) is 6.07 Å². The van der Waals surface area contributed by atoms with Crippen LogP contribution in [0.15, 0.2) is 34.9 Å². The van der Waals surface area contributed by atoms with E-state index in [2.05, 4.69) is 27.5 Å². The second kappa shape index (κ2) is 6.97. The Bertz CT molecular complexity index is 1000. The minimum Gasteiger partial charge on any atom is -0.507 e. The van der Waals surface area contributed by atoms with Crippen LogP contribution in [-0.4, -0.2) is 46.4 Å². The molecule has 0 spiro atoms. The van der Waals surface area contributed by atoms with E-state index in [1.165, 1.54) is 12.3 Å². The number of alkyl halides is 3. The van der Waals surface area contributed by atoms with E-state index >= 15 is 0 Å². The Labute approximate surface area is 159 Å². The van der Waals surface area contributed by atoms with Gasteiger partial charge in [0.1, 0.15) is 11.4 Å². The smallest absolute Gasteiger partial charge is 0.416 e. The Balaban J connectivity index is 1.70. The Morgan fingerprint density at radius 1 is 1.25 bits per heavy atom. The minimum atomic E-state index is -4.54. The summed E-state index contributed by atoms with van der Waals surface area (Å²) in [5.41, 5.74) is -0.254. The number of phenols is 1. The van der Waals surface area contributed by atoms with Gasteiger partial charge in [-0.1, -0.05) is 0 Å². The quantitative estimate of drug-likeness (QED) is 0.699. The van der Waals surface area contributed by atoms with Crippen molar-refractivity contribution in [2.45, 2.75) is 25.1 Å². The molecule has 0 aliphatic carbocycles. The third-order valence-electron chi connectivity index (χ3n) is 4.93. The van der Waals surface area contributed by atoms with Crippen LogP contribution < -0.4 is 5.32 Å².